The Morgan fingerprint density at radius 2 is 2.03 bits per heavy atom. The maximum absolute atomic E-state index is 12.8. The quantitative estimate of drug-likeness (QED) is 0.586. The molecule has 1 aliphatic carbocycles. The number of methoxy groups -OCH3 is 1. The number of hydrogen-bond donors (Lipinski definition) is 1. The predicted molar refractivity (Wildman–Crippen MR) is 107 cm³/mol. The van der Waals surface area contributed by atoms with E-state index in [1.54, 1.807) is 0 Å². The van der Waals surface area contributed by atoms with Crippen molar-refractivity contribution < 1.29 is 23.9 Å². The fourth-order valence-electron chi connectivity index (χ4n) is 3.46. The Hall–Kier alpha value is -3.20. The second-order valence-corrected chi connectivity index (χ2v) is 7.56. The van der Waals surface area contributed by atoms with E-state index in [-0.39, 0.29) is 30.3 Å². The highest BCUT2D eigenvalue weighted by Gasteiger charge is 2.34. The summed E-state index contributed by atoms with van der Waals surface area (Å²) in [6.07, 6.45) is 0.775. The van der Waals surface area contributed by atoms with E-state index >= 15 is 0 Å². The van der Waals surface area contributed by atoms with Crippen LogP contribution in [0.4, 0.5) is 0 Å². The predicted octanol–water partition coefficient (Wildman–Crippen LogP) is 2.11. The Kier molecular flexibility index (Phi) is 5.29. The van der Waals surface area contributed by atoms with Gasteiger partial charge >= 0.3 is 5.97 Å². The Balaban J connectivity index is 1.61. The second-order valence-electron chi connectivity index (χ2n) is 7.56. The van der Waals surface area contributed by atoms with E-state index < -0.39 is 17.6 Å². The Bertz CT molecular complexity index is 1140. The van der Waals surface area contributed by atoms with Gasteiger partial charge in [-0.3, -0.25) is 4.79 Å². The average molecular weight is 413 g/mol. The van der Waals surface area contributed by atoms with E-state index in [1.807, 2.05) is 32.0 Å². The fourth-order valence-corrected chi connectivity index (χ4v) is 3.46. The normalized spacial score (nSPS) is 14.7. The van der Waals surface area contributed by atoms with Crippen molar-refractivity contribution in [2.75, 3.05) is 13.7 Å². The molecule has 0 aliphatic heterocycles. The van der Waals surface area contributed by atoms with Crippen LogP contribution < -0.4 is 10.3 Å². The van der Waals surface area contributed by atoms with Gasteiger partial charge in [0.15, 0.2) is 11.2 Å². The van der Waals surface area contributed by atoms with Crippen LogP contribution in [0.3, 0.4) is 0 Å². The minimum atomic E-state index is -1.04. The molecule has 1 aliphatic rings. The number of benzene rings is 1. The molecule has 1 N–H and O–H groups in total. The summed E-state index contributed by atoms with van der Waals surface area (Å²) in [4.78, 5) is 25.1. The molecule has 1 atom stereocenters. The van der Waals surface area contributed by atoms with Gasteiger partial charge in [-0.05, 0) is 37.8 Å². The number of nitrogens with zero attached hydrogens (tertiary/aromatic N) is 3. The molecule has 1 aromatic carbocycles. The molecule has 0 bridgehead atoms. The van der Waals surface area contributed by atoms with E-state index in [4.69, 9.17) is 14.0 Å². The average Bonchev–Trinajstić information content (AvgIpc) is 3.47. The molecule has 1 saturated carbocycles. The van der Waals surface area contributed by atoms with Gasteiger partial charge in [-0.15, -0.1) is 0 Å². The van der Waals surface area contributed by atoms with E-state index in [0.717, 1.165) is 28.7 Å². The first-order valence-electron chi connectivity index (χ1n) is 9.76. The molecule has 1 fully saturated rings. The number of carbonyl (C=O) groups excluding carboxylic acids is 1. The van der Waals surface area contributed by atoms with Crippen LogP contribution in [-0.4, -0.2) is 45.8 Å². The Labute approximate surface area is 172 Å². The topological polar surface area (TPSA) is 117 Å². The number of aliphatic hydroxyl groups excluding tert-OH is 1. The smallest absolute Gasteiger partial charge is 0.359 e. The van der Waals surface area contributed by atoms with Gasteiger partial charge in [-0.1, -0.05) is 23.4 Å². The monoisotopic (exact) mass is 413 g/mol. The number of esters is 1. The van der Waals surface area contributed by atoms with Gasteiger partial charge in [0.25, 0.3) is 5.56 Å². The van der Waals surface area contributed by atoms with Crippen LogP contribution in [0.15, 0.2) is 27.5 Å². The molecular formula is C21H23N3O6. The minimum absolute atomic E-state index is 0.00941. The van der Waals surface area contributed by atoms with Gasteiger partial charge in [0, 0.05) is 5.92 Å². The fraction of sp³-hybridized carbons (Fsp3) is 0.429. The number of ether oxygens (including phenoxy) is 2. The largest absolute Gasteiger partial charge is 0.490 e. The van der Waals surface area contributed by atoms with Crippen LogP contribution in [0.1, 0.15) is 46.1 Å². The van der Waals surface area contributed by atoms with Crippen LogP contribution in [0, 0.1) is 13.8 Å². The molecule has 0 amide bonds. The summed E-state index contributed by atoms with van der Waals surface area (Å²) >= 11 is 0. The number of carbonyl (C=O) groups is 1. The molecular weight excluding hydrogens is 390 g/mol. The summed E-state index contributed by atoms with van der Waals surface area (Å²) in [5, 5.41) is 18.8. The Morgan fingerprint density at radius 1 is 1.33 bits per heavy atom. The highest BCUT2D eigenvalue weighted by Crippen LogP contribution is 2.43. The van der Waals surface area contributed by atoms with Crippen LogP contribution in [-0.2, 0) is 11.3 Å². The van der Waals surface area contributed by atoms with Crippen molar-refractivity contribution in [1.29, 1.82) is 0 Å². The zero-order chi connectivity index (χ0) is 21.4. The van der Waals surface area contributed by atoms with Crippen LogP contribution in [0.25, 0.3) is 10.9 Å². The third kappa shape index (κ3) is 3.68. The lowest BCUT2D eigenvalue weighted by Crippen LogP contribution is -2.33. The zero-order valence-corrected chi connectivity index (χ0v) is 17.0. The first-order valence-corrected chi connectivity index (χ1v) is 9.76. The summed E-state index contributed by atoms with van der Waals surface area (Å²) in [5.74, 6) is 0.612. The summed E-state index contributed by atoms with van der Waals surface area (Å²) < 4.78 is 16.9. The highest BCUT2D eigenvalue weighted by molar-refractivity contribution is 6.02. The van der Waals surface area contributed by atoms with Crippen molar-refractivity contribution in [3.8, 4) is 5.75 Å². The molecule has 158 valence electrons. The van der Waals surface area contributed by atoms with Gasteiger partial charge in [-0.2, -0.15) is 5.10 Å². The van der Waals surface area contributed by atoms with E-state index in [0.29, 0.717) is 16.9 Å². The van der Waals surface area contributed by atoms with E-state index in [9.17, 15) is 14.7 Å². The first kappa shape index (κ1) is 20.1. The number of para-hydroxylation sites is 1. The van der Waals surface area contributed by atoms with E-state index in [1.165, 1.54) is 7.11 Å². The van der Waals surface area contributed by atoms with Gasteiger partial charge in [0.1, 0.15) is 24.2 Å². The minimum Gasteiger partial charge on any atom is -0.490 e. The standard InChI is InChI=1S/C21H23N3O6/c1-11-5-4-6-12(2)18(11)29-10-14(25)9-24-20(26)16-15(17(22-24)21(27)28-3)19(30-23-16)13-7-8-13/h4-6,13-14,25H,7-10H2,1-3H3/t14-/m1/s1. The van der Waals surface area contributed by atoms with E-state index in [2.05, 4.69) is 10.3 Å². The lowest BCUT2D eigenvalue weighted by Gasteiger charge is -2.16. The number of aryl methyl sites for hydroxylation is 2. The lowest BCUT2D eigenvalue weighted by molar-refractivity contribution is 0.0588. The summed E-state index contributed by atoms with van der Waals surface area (Å²) in [7, 11) is 1.24. The molecule has 3 aromatic rings. The lowest BCUT2D eigenvalue weighted by atomic mass is 10.1. The van der Waals surface area contributed by atoms with Gasteiger partial charge in [-0.25, -0.2) is 9.48 Å². The maximum Gasteiger partial charge on any atom is 0.359 e. The van der Waals surface area contributed by atoms with Crippen molar-refractivity contribution in [2.45, 2.75) is 45.3 Å². The SMILES string of the molecule is COC(=O)c1nn(C[C@@H](O)COc2c(C)cccc2C)c(=O)c2noc(C3CC3)c12. The van der Waals surface area contributed by atoms with Gasteiger partial charge in [0.2, 0.25) is 0 Å². The summed E-state index contributed by atoms with van der Waals surface area (Å²) in [6.45, 7) is 3.62. The van der Waals surface area contributed by atoms with Crippen molar-refractivity contribution in [2.24, 2.45) is 0 Å². The second kappa shape index (κ2) is 7.91. The molecule has 0 spiro atoms. The van der Waals surface area contributed by atoms with Gasteiger partial charge < -0.3 is 19.1 Å². The Morgan fingerprint density at radius 3 is 2.67 bits per heavy atom. The van der Waals surface area contributed by atoms with Crippen LogP contribution in [0.2, 0.25) is 0 Å². The van der Waals surface area contributed by atoms with Crippen LogP contribution in [0.5, 0.6) is 5.75 Å². The molecule has 30 heavy (non-hydrogen) atoms. The maximum atomic E-state index is 12.8. The third-order valence-electron chi connectivity index (χ3n) is 5.15. The van der Waals surface area contributed by atoms with Crippen molar-refractivity contribution >= 4 is 16.9 Å². The molecule has 4 rings (SSSR count). The zero-order valence-electron chi connectivity index (χ0n) is 17.0. The summed E-state index contributed by atoms with van der Waals surface area (Å²) in [5.41, 5.74) is 1.32. The molecule has 0 radical (unpaired) electrons. The number of rotatable bonds is 7. The molecule has 0 saturated heterocycles. The molecule has 2 heterocycles. The van der Waals surface area contributed by atoms with Crippen LogP contribution >= 0.6 is 0 Å². The number of hydrogen-bond acceptors (Lipinski definition) is 8. The highest BCUT2D eigenvalue weighted by atomic mass is 16.5. The van der Waals surface area contributed by atoms with Crippen molar-refractivity contribution in [3.05, 3.63) is 51.1 Å². The number of aromatic nitrogens is 3. The van der Waals surface area contributed by atoms with Crippen molar-refractivity contribution in [3.63, 3.8) is 0 Å². The molecule has 9 nitrogen and oxygen atoms in total. The number of fused-ring (bicyclic) bond motifs is 1. The van der Waals surface area contributed by atoms with Crippen molar-refractivity contribution in [1.82, 2.24) is 14.9 Å². The third-order valence-corrected chi connectivity index (χ3v) is 5.15. The molecule has 2 aromatic heterocycles. The first-order chi connectivity index (χ1) is 14.4. The molecule has 0 unspecified atom stereocenters. The van der Waals surface area contributed by atoms with Gasteiger partial charge in [0.05, 0.1) is 19.0 Å². The number of aliphatic hydroxyl groups is 1. The molecule has 9 heteroatoms. The summed E-state index contributed by atoms with van der Waals surface area (Å²) in [6, 6.07) is 5.76.